The standard InChI is InChI=1S/C9H4BrF3S/c10-5-3-6-4(1-2-14-6)7(8(5)11)9(12)13/h1-3,9H. The summed E-state index contributed by atoms with van der Waals surface area (Å²) in [6.45, 7) is 0. The van der Waals surface area contributed by atoms with Gasteiger partial charge in [-0.25, -0.2) is 13.2 Å². The lowest BCUT2D eigenvalue weighted by atomic mass is 10.1. The van der Waals surface area contributed by atoms with E-state index in [4.69, 9.17) is 0 Å². The normalized spacial score (nSPS) is 11.5. The monoisotopic (exact) mass is 280 g/mol. The van der Waals surface area contributed by atoms with Gasteiger partial charge in [0, 0.05) is 10.1 Å². The summed E-state index contributed by atoms with van der Waals surface area (Å²) < 4.78 is 39.2. The molecule has 0 amide bonds. The van der Waals surface area contributed by atoms with E-state index in [1.54, 1.807) is 5.38 Å². The first-order valence-electron chi connectivity index (χ1n) is 3.74. The topological polar surface area (TPSA) is 0 Å². The highest BCUT2D eigenvalue weighted by Crippen LogP contribution is 2.36. The maximum atomic E-state index is 13.3. The predicted octanol–water partition coefficient (Wildman–Crippen LogP) is 4.74. The van der Waals surface area contributed by atoms with Gasteiger partial charge in [0.1, 0.15) is 5.82 Å². The van der Waals surface area contributed by atoms with Crippen LogP contribution in [0.1, 0.15) is 12.0 Å². The number of fused-ring (bicyclic) bond motifs is 1. The summed E-state index contributed by atoms with van der Waals surface area (Å²) in [6, 6.07) is 3.03. The molecule has 0 nitrogen and oxygen atoms in total. The molecule has 0 radical (unpaired) electrons. The van der Waals surface area contributed by atoms with Crippen molar-refractivity contribution in [2.45, 2.75) is 6.43 Å². The van der Waals surface area contributed by atoms with Crippen molar-refractivity contribution in [3.05, 3.63) is 33.4 Å². The summed E-state index contributed by atoms with van der Waals surface area (Å²) in [6.07, 6.45) is -2.79. The highest BCUT2D eigenvalue weighted by Gasteiger charge is 2.20. The van der Waals surface area contributed by atoms with Gasteiger partial charge in [-0.2, -0.15) is 0 Å². The first kappa shape index (κ1) is 9.98. The molecular weight excluding hydrogens is 277 g/mol. The molecule has 5 heteroatoms. The van der Waals surface area contributed by atoms with Crippen molar-refractivity contribution in [3.63, 3.8) is 0 Å². The minimum Gasteiger partial charge on any atom is -0.205 e. The Labute approximate surface area is 90.5 Å². The van der Waals surface area contributed by atoms with Crippen LogP contribution in [0.15, 0.2) is 22.0 Å². The smallest absolute Gasteiger partial charge is 0.205 e. The maximum Gasteiger partial charge on any atom is 0.267 e. The third-order valence-electron chi connectivity index (χ3n) is 1.91. The van der Waals surface area contributed by atoms with Crippen molar-refractivity contribution in [2.24, 2.45) is 0 Å². The van der Waals surface area contributed by atoms with Crippen molar-refractivity contribution in [2.75, 3.05) is 0 Å². The molecule has 0 atom stereocenters. The summed E-state index contributed by atoms with van der Waals surface area (Å²) in [5.41, 5.74) is -0.518. The van der Waals surface area contributed by atoms with E-state index in [9.17, 15) is 13.2 Å². The van der Waals surface area contributed by atoms with Crippen molar-refractivity contribution < 1.29 is 13.2 Å². The molecule has 74 valence electrons. The van der Waals surface area contributed by atoms with Gasteiger partial charge in [0.25, 0.3) is 6.43 Å². The highest BCUT2D eigenvalue weighted by atomic mass is 79.9. The zero-order chi connectivity index (χ0) is 10.3. The van der Waals surface area contributed by atoms with Gasteiger partial charge in [-0.05, 0) is 33.4 Å². The molecule has 0 spiro atoms. The van der Waals surface area contributed by atoms with Crippen LogP contribution in [-0.2, 0) is 0 Å². The van der Waals surface area contributed by atoms with E-state index in [1.165, 1.54) is 23.5 Å². The van der Waals surface area contributed by atoms with Crippen LogP contribution in [0.5, 0.6) is 0 Å². The quantitative estimate of drug-likeness (QED) is 0.708. The van der Waals surface area contributed by atoms with Crippen LogP contribution in [0.25, 0.3) is 10.1 Å². The Bertz CT molecular complexity index is 478. The summed E-state index contributed by atoms with van der Waals surface area (Å²) in [4.78, 5) is 0. The molecule has 0 bridgehead atoms. The molecule has 14 heavy (non-hydrogen) atoms. The molecule has 1 heterocycles. The Morgan fingerprint density at radius 3 is 2.71 bits per heavy atom. The van der Waals surface area contributed by atoms with E-state index in [-0.39, 0.29) is 4.47 Å². The fourth-order valence-corrected chi connectivity index (χ4v) is 2.73. The first-order valence-corrected chi connectivity index (χ1v) is 5.41. The van der Waals surface area contributed by atoms with Gasteiger partial charge >= 0.3 is 0 Å². The molecule has 0 fully saturated rings. The van der Waals surface area contributed by atoms with Crippen LogP contribution in [0.2, 0.25) is 0 Å². The van der Waals surface area contributed by atoms with Crippen LogP contribution in [0, 0.1) is 5.82 Å². The maximum absolute atomic E-state index is 13.3. The second-order valence-electron chi connectivity index (χ2n) is 2.72. The first-order chi connectivity index (χ1) is 6.61. The van der Waals surface area contributed by atoms with E-state index < -0.39 is 17.8 Å². The van der Waals surface area contributed by atoms with E-state index in [0.717, 1.165) is 0 Å². The average Bonchev–Trinajstić information content (AvgIpc) is 2.52. The van der Waals surface area contributed by atoms with Gasteiger partial charge in [-0.15, -0.1) is 11.3 Å². The van der Waals surface area contributed by atoms with Crippen molar-refractivity contribution in [1.29, 1.82) is 0 Å². The van der Waals surface area contributed by atoms with Gasteiger partial charge < -0.3 is 0 Å². The van der Waals surface area contributed by atoms with Crippen LogP contribution in [-0.4, -0.2) is 0 Å². The summed E-state index contributed by atoms with van der Waals surface area (Å²) in [5, 5.41) is 1.97. The molecule has 0 aliphatic rings. The lowest BCUT2D eigenvalue weighted by Crippen LogP contribution is -1.92. The number of rotatable bonds is 1. The summed E-state index contributed by atoms with van der Waals surface area (Å²) in [7, 11) is 0. The third-order valence-corrected chi connectivity index (χ3v) is 3.35. The van der Waals surface area contributed by atoms with Gasteiger partial charge in [0.05, 0.1) is 10.0 Å². The van der Waals surface area contributed by atoms with Crippen LogP contribution >= 0.6 is 27.3 Å². The minimum absolute atomic E-state index is 0.0859. The Morgan fingerprint density at radius 1 is 1.36 bits per heavy atom. The number of alkyl halides is 2. The van der Waals surface area contributed by atoms with Crippen LogP contribution < -0.4 is 0 Å². The lowest BCUT2D eigenvalue weighted by Gasteiger charge is -2.05. The van der Waals surface area contributed by atoms with Crippen molar-refractivity contribution in [1.82, 2.24) is 0 Å². The number of halogens is 4. The Kier molecular flexibility index (Phi) is 2.53. The molecule has 0 unspecified atom stereocenters. The molecule has 2 aromatic rings. The molecular formula is C9H4BrF3S. The Morgan fingerprint density at radius 2 is 2.07 bits per heavy atom. The molecule has 2 rings (SSSR count). The van der Waals surface area contributed by atoms with Crippen molar-refractivity contribution >= 4 is 37.4 Å². The zero-order valence-electron chi connectivity index (χ0n) is 6.73. The largest absolute Gasteiger partial charge is 0.267 e. The highest BCUT2D eigenvalue weighted by molar-refractivity contribution is 9.10. The molecule has 0 aliphatic heterocycles. The number of thiophene rings is 1. The molecule has 1 aromatic carbocycles. The summed E-state index contributed by atoms with van der Waals surface area (Å²) in [5.74, 6) is -0.870. The average molecular weight is 281 g/mol. The van der Waals surface area contributed by atoms with E-state index in [1.807, 2.05) is 0 Å². The predicted molar refractivity (Wildman–Crippen MR) is 54.4 cm³/mol. The van der Waals surface area contributed by atoms with Gasteiger partial charge in [-0.3, -0.25) is 0 Å². The Balaban J connectivity index is 2.86. The van der Waals surface area contributed by atoms with Gasteiger partial charge in [-0.1, -0.05) is 0 Å². The number of hydrogen-bond acceptors (Lipinski definition) is 1. The zero-order valence-corrected chi connectivity index (χ0v) is 9.13. The SMILES string of the molecule is Fc1c(Br)cc2sccc2c1C(F)F. The van der Waals surface area contributed by atoms with Crippen LogP contribution in [0.3, 0.4) is 0 Å². The van der Waals surface area contributed by atoms with Crippen molar-refractivity contribution in [3.8, 4) is 0 Å². The van der Waals surface area contributed by atoms with E-state index in [0.29, 0.717) is 10.1 Å². The fourth-order valence-electron chi connectivity index (χ4n) is 1.29. The van der Waals surface area contributed by atoms with E-state index in [2.05, 4.69) is 15.9 Å². The lowest BCUT2D eigenvalue weighted by molar-refractivity contribution is 0.148. The summed E-state index contributed by atoms with van der Waals surface area (Å²) >= 11 is 4.23. The fraction of sp³-hybridized carbons (Fsp3) is 0.111. The number of benzene rings is 1. The van der Waals surface area contributed by atoms with E-state index >= 15 is 0 Å². The molecule has 1 aromatic heterocycles. The molecule has 0 aliphatic carbocycles. The molecule has 0 N–H and O–H groups in total. The second kappa shape index (κ2) is 3.55. The van der Waals surface area contributed by atoms with Gasteiger partial charge in [0.15, 0.2) is 0 Å². The Hall–Kier alpha value is -0.550. The molecule has 0 saturated carbocycles. The third kappa shape index (κ3) is 1.44. The van der Waals surface area contributed by atoms with Crippen LogP contribution in [0.4, 0.5) is 13.2 Å². The number of hydrogen-bond donors (Lipinski definition) is 0. The molecule has 0 saturated heterocycles. The minimum atomic E-state index is -2.79. The second-order valence-corrected chi connectivity index (χ2v) is 4.52. The van der Waals surface area contributed by atoms with Gasteiger partial charge in [0.2, 0.25) is 0 Å².